The molecule has 8 heteroatoms. The molecule has 0 aromatic heterocycles. The minimum absolute atomic E-state index is 0.0929. The van der Waals surface area contributed by atoms with Gasteiger partial charge in [-0.2, -0.15) is 0 Å². The van der Waals surface area contributed by atoms with Gasteiger partial charge in [0, 0.05) is 12.5 Å². The summed E-state index contributed by atoms with van der Waals surface area (Å²) in [7, 11) is 0. The minimum atomic E-state index is -1.22. The molecule has 8 nitrogen and oxygen atoms in total. The van der Waals surface area contributed by atoms with E-state index in [2.05, 4.69) is 22.8 Å². The van der Waals surface area contributed by atoms with Gasteiger partial charge in [-0.05, 0) is 41.3 Å². The van der Waals surface area contributed by atoms with Crippen LogP contribution in [0.15, 0.2) is 66.7 Å². The molecule has 0 heterocycles. The predicted octanol–water partition coefficient (Wildman–Crippen LogP) is 3.92. The van der Waals surface area contributed by atoms with Gasteiger partial charge in [0.25, 0.3) is 5.91 Å². The molecular weight excluding hydrogens is 448 g/mol. The quantitative estimate of drug-likeness (QED) is 0.392. The molecule has 0 saturated carbocycles. The first-order valence-corrected chi connectivity index (χ1v) is 11.2. The van der Waals surface area contributed by atoms with Crippen LogP contribution in [0.2, 0.25) is 0 Å². The molecule has 0 saturated heterocycles. The highest BCUT2D eigenvalue weighted by Gasteiger charge is 2.29. The van der Waals surface area contributed by atoms with Crippen LogP contribution < -0.4 is 10.6 Å². The molecule has 3 aromatic rings. The fraction of sp³-hybridized carbons (Fsp3) is 0.222. The number of anilines is 1. The average molecular weight is 475 g/mol. The van der Waals surface area contributed by atoms with E-state index in [1.165, 1.54) is 0 Å². The molecule has 0 bridgehead atoms. The van der Waals surface area contributed by atoms with E-state index in [-0.39, 0.29) is 30.3 Å². The SMILES string of the molecule is Cc1ccc(NC(=O)OCC2c3ccccc3-c3ccccc32)c(C(=O)NCC(O)CC(=O)O)c1. The largest absolute Gasteiger partial charge is 0.481 e. The Bertz CT molecular complexity index is 1230. The van der Waals surface area contributed by atoms with Crippen LogP contribution in [0.3, 0.4) is 0 Å². The van der Waals surface area contributed by atoms with Crippen LogP contribution in [0.1, 0.15) is 39.4 Å². The van der Waals surface area contributed by atoms with Crippen molar-refractivity contribution in [3.8, 4) is 11.1 Å². The van der Waals surface area contributed by atoms with E-state index >= 15 is 0 Å². The molecule has 1 atom stereocenters. The smallest absolute Gasteiger partial charge is 0.411 e. The maximum absolute atomic E-state index is 12.7. The lowest BCUT2D eigenvalue weighted by molar-refractivity contribution is -0.139. The fourth-order valence-electron chi connectivity index (χ4n) is 4.28. The molecule has 0 fully saturated rings. The van der Waals surface area contributed by atoms with Crippen molar-refractivity contribution in [2.24, 2.45) is 0 Å². The molecule has 4 rings (SSSR count). The Morgan fingerprint density at radius 2 is 1.60 bits per heavy atom. The van der Waals surface area contributed by atoms with E-state index < -0.39 is 30.5 Å². The Labute approximate surface area is 202 Å². The van der Waals surface area contributed by atoms with Gasteiger partial charge in [-0.3, -0.25) is 14.9 Å². The van der Waals surface area contributed by atoms with Gasteiger partial charge < -0.3 is 20.3 Å². The monoisotopic (exact) mass is 474 g/mol. The maximum atomic E-state index is 12.7. The maximum Gasteiger partial charge on any atom is 0.411 e. The number of rotatable bonds is 8. The van der Waals surface area contributed by atoms with Crippen LogP contribution >= 0.6 is 0 Å². The first-order chi connectivity index (χ1) is 16.8. The summed E-state index contributed by atoms with van der Waals surface area (Å²) in [6.45, 7) is 1.70. The number of hydrogen-bond acceptors (Lipinski definition) is 5. The Kier molecular flexibility index (Phi) is 7.12. The highest BCUT2D eigenvalue weighted by Crippen LogP contribution is 2.44. The Hall–Kier alpha value is -4.17. The van der Waals surface area contributed by atoms with Crippen LogP contribution in [-0.4, -0.2) is 47.4 Å². The van der Waals surface area contributed by atoms with Crippen LogP contribution in [-0.2, 0) is 9.53 Å². The summed E-state index contributed by atoms with van der Waals surface area (Å²) in [6, 6.07) is 21.0. The summed E-state index contributed by atoms with van der Waals surface area (Å²) >= 11 is 0. The molecule has 0 aliphatic heterocycles. The van der Waals surface area contributed by atoms with Gasteiger partial charge in [-0.25, -0.2) is 4.79 Å². The highest BCUT2D eigenvalue weighted by molar-refractivity contribution is 6.02. The molecule has 180 valence electrons. The van der Waals surface area contributed by atoms with Crippen molar-refractivity contribution < 1.29 is 29.3 Å². The number of hydrogen-bond donors (Lipinski definition) is 4. The molecule has 1 aliphatic rings. The standard InChI is InChI=1S/C27H26N2O6/c1-16-10-11-24(22(12-16)26(33)28-14-17(30)13-25(31)32)29-27(34)35-15-23-20-8-4-2-6-18(20)19-7-3-5-9-21(19)23/h2-12,17,23,30H,13-15H2,1H3,(H,28,33)(H,29,34)(H,31,32). The number of carbonyl (C=O) groups is 3. The van der Waals surface area contributed by atoms with Crippen LogP contribution in [0, 0.1) is 6.92 Å². The van der Waals surface area contributed by atoms with Gasteiger partial charge in [0.15, 0.2) is 0 Å². The normalized spacial score (nSPS) is 12.9. The number of benzene rings is 3. The van der Waals surface area contributed by atoms with E-state index in [9.17, 15) is 19.5 Å². The first-order valence-electron chi connectivity index (χ1n) is 11.2. The highest BCUT2D eigenvalue weighted by atomic mass is 16.5. The van der Waals surface area contributed by atoms with Crippen molar-refractivity contribution in [3.05, 3.63) is 89.0 Å². The van der Waals surface area contributed by atoms with Crippen LogP contribution in [0.5, 0.6) is 0 Å². The summed E-state index contributed by atoms with van der Waals surface area (Å²) in [5, 5.41) is 23.6. The van der Waals surface area contributed by atoms with Crippen LogP contribution in [0.4, 0.5) is 10.5 Å². The zero-order valence-corrected chi connectivity index (χ0v) is 19.2. The van der Waals surface area contributed by atoms with Gasteiger partial charge in [0.05, 0.1) is 23.8 Å². The van der Waals surface area contributed by atoms with E-state index in [1.807, 2.05) is 36.4 Å². The summed E-state index contributed by atoms with van der Waals surface area (Å²) in [5.74, 6) is -1.81. The number of ether oxygens (including phenoxy) is 1. The summed E-state index contributed by atoms with van der Waals surface area (Å²) < 4.78 is 5.56. The predicted molar refractivity (Wildman–Crippen MR) is 130 cm³/mol. The lowest BCUT2D eigenvalue weighted by Crippen LogP contribution is -2.34. The third kappa shape index (κ3) is 5.50. The van der Waals surface area contributed by atoms with Crippen molar-refractivity contribution in [1.82, 2.24) is 5.32 Å². The summed E-state index contributed by atoms with van der Waals surface area (Å²) in [6.07, 6.45) is -2.41. The third-order valence-corrected chi connectivity index (χ3v) is 5.91. The lowest BCUT2D eigenvalue weighted by atomic mass is 9.98. The number of aliphatic carboxylic acids is 1. The van der Waals surface area contributed by atoms with Crippen LogP contribution in [0.25, 0.3) is 11.1 Å². The number of aryl methyl sites for hydroxylation is 1. The van der Waals surface area contributed by atoms with Crippen molar-refractivity contribution >= 4 is 23.7 Å². The Morgan fingerprint density at radius 3 is 2.23 bits per heavy atom. The van der Waals surface area contributed by atoms with Gasteiger partial charge in [0.2, 0.25) is 0 Å². The summed E-state index contributed by atoms with van der Waals surface area (Å²) in [4.78, 5) is 36.0. The number of carboxylic acid groups (broad SMARTS) is 1. The Morgan fingerprint density at radius 1 is 0.971 bits per heavy atom. The van der Waals surface area contributed by atoms with Crippen molar-refractivity contribution in [3.63, 3.8) is 0 Å². The molecule has 0 spiro atoms. The molecule has 4 N–H and O–H groups in total. The van der Waals surface area contributed by atoms with Gasteiger partial charge in [-0.15, -0.1) is 0 Å². The fourth-order valence-corrected chi connectivity index (χ4v) is 4.28. The van der Waals surface area contributed by atoms with Crippen molar-refractivity contribution in [2.45, 2.75) is 25.4 Å². The number of aliphatic hydroxyl groups excluding tert-OH is 1. The van der Waals surface area contributed by atoms with E-state index in [0.29, 0.717) is 0 Å². The van der Waals surface area contributed by atoms with Gasteiger partial charge in [-0.1, -0.05) is 60.2 Å². The van der Waals surface area contributed by atoms with Crippen molar-refractivity contribution in [1.29, 1.82) is 0 Å². The van der Waals surface area contributed by atoms with Gasteiger partial charge >= 0.3 is 12.1 Å². The first kappa shape index (κ1) is 24.0. The molecule has 3 aromatic carbocycles. The second-order valence-corrected chi connectivity index (χ2v) is 8.46. The number of fused-ring (bicyclic) bond motifs is 3. The molecule has 35 heavy (non-hydrogen) atoms. The molecule has 1 aliphatic carbocycles. The topological polar surface area (TPSA) is 125 Å². The second kappa shape index (κ2) is 10.4. The number of carboxylic acids is 1. The van der Waals surface area contributed by atoms with E-state index in [1.54, 1.807) is 25.1 Å². The molecular formula is C27H26N2O6. The second-order valence-electron chi connectivity index (χ2n) is 8.46. The average Bonchev–Trinajstić information content (AvgIpc) is 3.15. The number of amides is 2. The number of nitrogens with one attached hydrogen (secondary N) is 2. The van der Waals surface area contributed by atoms with Gasteiger partial charge in [0.1, 0.15) is 6.61 Å². The lowest BCUT2D eigenvalue weighted by Gasteiger charge is -2.16. The minimum Gasteiger partial charge on any atom is -0.481 e. The number of carbonyl (C=O) groups excluding carboxylic acids is 2. The number of aliphatic hydroxyl groups is 1. The zero-order chi connectivity index (χ0) is 24.9. The molecule has 0 radical (unpaired) electrons. The zero-order valence-electron chi connectivity index (χ0n) is 19.2. The van der Waals surface area contributed by atoms with E-state index in [0.717, 1.165) is 27.8 Å². The molecule has 2 amide bonds. The van der Waals surface area contributed by atoms with Crippen molar-refractivity contribution in [2.75, 3.05) is 18.5 Å². The molecule has 1 unspecified atom stereocenters. The van der Waals surface area contributed by atoms with E-state index in [4.69, 9.17) is 9.84 Å². The Balaban J connectivity index is 1.43. The third-order valence-electron chi connectivity index (χ3n) is 5.91. The summed E-state index contributed by atoms with van der Waals surface area (Å²) in [5.41, 5.74) is 5.66.